The third kappa shape index (κ3) is 2.75. The summed E-state index contributed by atoms with van der Waals surface area (Å²) >= 11 is 5.73. The van der Waals surface area contributed by atoms with Crippen LogP contribution >= 0.6 is 11.6 Å². The number of anilines is 2. The van der Waals surface area contributed by atoms with Gasteiger partial charge >= 0.3 is 0 Å². The molecule has 2 aromatic heterocycles. The molecule has 1 amide bonds. The van der Waals surface area contributed by atoms with Crippen LogP contribution < -0.4 is 11.1 Å². The Morgan fingerprint density at radius 3 is 2.89 bits per heavy atom. The van der Waals surface area contributed by atoms with Crippen molar-refractivity contribution >= 4 is 28.9 Å². The van der Waals surface area contributed by atoms with Gasteiger partial charge in [0.15, 0.2) is 5.69 Å². The van der Waals surface area contributed by atoms with Gasteiger partial charge in [0.1, 0.15) is 5.15 Å². The number of rotatable bonds is 2. The SMILES string of the molecule is Cc1ccc(N)c(C(=O)Nc2ccnc(Cl)c2)n1. The fraction of sp³-hybridized carbons (Fsp3) is 0.0833. The topological polar surface area (TPSA) is 80.9 Å². The number of hydrogen-bond acceptors (Lipinski definition) is 4. The number of carbonyl (C=O) groups excluding carboxylic acids is 1. The number of nitrogens with zero attached hydrogens (tertiary/aromatic N) is 2. The lowest BCUT2D eigenvalue weighted by Gasteiger charge is -2.07. The van der Waals surface area contributed by atoms with E-state index in [4.69, 9.17) is 17.3 Å². The van der Waals surface area contributed by atoms with E-state index in [1.807, 2.05) is 0 Å². The number of hydrogen-bond donors (Lipinski definition) is 2. The first-order valence-electron chi connectivity index (χ1n) is 5.22. The maximum absolute atomic E-state index is 12.0. The van der Waals surface area contributed by atoms with Crippen LogP contribution in [-0.2, 0) is 0 Å². The summed E-state index contributed by atoms with van der Waals surface area (Å²) in [6.07, 6.45) is 1.50. The molecule has 0 bridgehead atoms. The molecule has 0 saturated heterocycles. The average molecular weight is 263 g/mol. The fourth-order valence-corrected chi connectivity index (χ4v) is 1.59. The average Bonchev–Trinajstić information content (AvgIpc) is 2.32. The van der Waals surface area contributed by atoms with E-state index in [1.54, 1.807) is 31.2 Å². The molecular formula is C12H11ClN4O. The quantitative estimate of drug-likeness (QED) is 0.814. The molecule has 0 unspecified atom stereocenters. The van der Waals surface area contributed by atoms with Gasteiger partial charge < -0.3 is 11.1 Å². The summed E-state index contributed by atoms with van der Waals surface area (Å²) in [5.41, 5.74) is 7.51. The Morgan fingerprint density at radius 2 is 2.17 bits per heavy atom. The lowest BCUT2D eigenvalue weighted by molar-refractivity contribution is 0.102. The summed E-state index contributed by atoms with van der Waals surface area (Å²) in [5, 5.41) is 2.96. The van der Waals surface area contributed by atoms with Crippen molar-refractivity contribution in [1.82, 2.24) is 9.97 Å². The van der Waals surface area contributed by atoms with Crippen LogP contribution in [0.2, 0.25) is 5.15 Å². The minimum Gasteiger partial charge on any atom is -0.397 e. The van der Waals surface area contributed by atoms with Gasteiger partial charge in [-0.25, -0.2) is 9.97 Å². The molecule has 3 N–H and O–H groups in total. The molecule has 0 radical (unpaired) electrons. The second-order valence-electron chi connectivity index (χ2n) is 3.71. The Labute approximate surface area is 109 Å². The van der Waals surface area contributed by atoms with Crippen molar-refractivity contribution in [3.63, 3.8) is 0 Å². The van der Waals surface area contributed by atoms with Gasteiger partial charge in [-0.3, -0.25) is 4.79 Å². The first kappa shape index (κ1) is 12.3. The maximum Gasteiger partial charge on any atom is 0.276 e. The van der Waals surface area contributed by atoms with E-state index < -0.39 is 0 Å². The number of aryl methyl sites for hydroxylation is 1. The van der Waals surface area contributed by atoms with Gasteiger partial charge in [-0.1, -0.05) is 11.6 Å². The van der Waals surface area contributed by atoms with Crippen LogP contribution in [0.5, 0.6) is 0 Å². The van der Waals surface area contributed by atoms with Crippen molar-refractivity contribution in [3.05, 3.63) is 47.0 Å². The highest BCUT2D eigenvalue weighted by Crippen LogP contribution is 2.15. The largest absolute Gasteiger partial charge is 0.397 e. The van der Waals surface area contributed by atoms with Crippen LogP contribution in [0.15, 0.2) is 30.5 Å². The molecule has 5 nitrogen and oxygen atoms in total. The minimum absolute atomic E-state index is 0.197. The lowest BCUT2D eigenvalue weighted by atomic mass is 10.2. The minimum atomic E-state index is -0.376. The molecule has 2 heterocycles. The molecule has 0 aliphatic rings. The maximum atomic E-state index is 12.0. The van der Waals surface area contributed by atoms with E-state index in [0.29, 0.717) is 16.5 Å². The van der Waals surface area contributed by atoms with Gasteiger partial charge in [-0.15, -0.1) is 0 Å². The zero-order valence-electron chi connectivity index (χ0n) is 9.64. The van der Waals surface area contributed by atoms with Gasteiger partial charge in [-0.2, -0.15) is 0 Å². The summed E-state index contributed by atoms with van der Waals surface area (Å²) in [6, 6.07) is 6.58. The zero-order chi connectivity index (χ0) is 13.1. The van der Waals surface area contributed by atoms with Crippen LogP contribution in [0.4, 0.5) is 11.4 Å². The van der Waals surface area contributed by atoms with Crippen molar-refractivity contribution in [2.75, 3.05) is 11.1 Å². The van der Waals surface area contributed by atoms with Gasteiger partial charge in [0.2, 0.25) is 0 Å². The van der Waals surface area contributed by atoms with Gasteiger partial charge in [-0.05, 0) is 31.2 Å². The van der Waals surface area contributed by atoms with E-state index in [2.05, 4.69) is 15.3 Å². The molecule has 0 aromatic carbocycles. The first-order valence-corrected chi connectivity index (χ1v) is 5.60. The Morgan fingerprint density at radius 1 is 1.39 bits per heavy atom. The Kier molecular flexibility index (Phi) is 3.43. The molecule has 2 rings (SSSR count). The van der Waals surface area contributed by atoms with E-state index in [0.717, 1.165) is 5.69 Å². The first-order chi connectivity index (χ1) is 8.56. The number of nitrogens with one attached hydrogen (secondary N) is 1. The van der Waals surface area contributed by atoms with Crippen molar-refractivity contribution < 1.29 is 4.79 Å². The normalized spacial score (nSPS) is 10.1. The Hall–Kier alpha value is -2.14. The van der Waals surface area contributed by atoms with Gasteiger partial charge in [0.05, 0.1) is 5.69 Å². The molecule has 0 saturated carbocycles. The van der Waals surface area contributed by atoms with Crippen LogP contribution in [-0.4, -0.2) is 15.9 Å². The second kappa shape index (κ2) is 5.01. The van der Waals surface area contributed by atoms with E-state index in [-0.39, 0.29) is 11.6 Å². The summed E-state index contributed by atoms with van der Waals surface area (Å²) in [6.45, 7) is 1.79. The van der Waals surface area contributed by atoms with E-state index in [1.165, 1.54) is 6.20 Å². The summed E-state index contributed by atoms with van der Waals surface area (Å²) in [5.74, 6) is -0.376. The van der Waals surface area contributed by atoms with Crippen LogP contribution in [0.3, 0.4) is 0 Å². The number of carbonyl (C=O) groups is 1. The Balaban J connectivity index is 2.24. The molecule has 0 aliphatic carbocycles. The molecular weight excluding hydrogens is 252 g/mol. The molecule has 2 aromatic rings. The molecule has 6 heteroatoms. The number of pyridine rings is 2. The lowest BCUT2D eigenvalue weighted by Crippen LogP contribution is -2.16. The van der Waals surface area contributed by atoms with Gasteiger partial charge in [0.25, 0.3) is 5.91 Å². The molecule has 92 valence electrons. The van der Waals surface area contributed by atoms with E-state index >= 15 is 0 Å². The molecule has 0 aliphatic heterocycles. The predicted octanol–water partition coefficient (Wildman–Crippen LogP) is 2.27. The Bertz CT molecular complexity index is 600. The molecule has 0 fully saturated rings. The van der Waals surface area contributed by atoms with Crippen LogP contribution in [0.1, 0.15) is 16.2 Å². The monoisotopic (exact) mass is 262 g/mol. The highest BCUT2D eigenvalue weighted by atomic mass is 35.5. The van der Waals surface area contributed by atoms with Crippen molar-refractivity contribution in [1.29, 1.82) is 0 Å². The van der Waals surface area contributed by atoms with Crippen molar-refractivity contribution in [2.45, 2.75) is 6.92 Å². The summed E-state index contributed by atoms with van der Waals surface area (Å²) < 4.78 is 0. The van der Waals surface area contributed by atoms with Gasteiger partial charge in [0, 0.05) is 17.6 Å². The molecule has 18 heavy (non-hydrogen) atoms. The van der Waals surface area contributed by atoms with E-state index in [9.17, 15) is 4.79 Å². The molecule has 0 atom stereocenters. The number of aromatic nitrogens is 2. The third-order valence-electron chi connectivity index (χ3n) is 2.27. The second-order valence-corrected chi connectivity index (χ2v) is 4.10. The van der Waals surface area contributed by atoms with Crippen LogP contribution in [0, 0.1) is 6.92 Å². The predicted molar refractivity (Wildman–Crippen MR) is 70.6 cm³/mol. The van der Waals surface area contributed by atoms with Crippen molar-refractivity contribution in [2.24, 2.45) is 0 Å². The number of nitrogen functional groups attached to an aromatic ring is 1. The fourth-order valence-electron chi connectivity index (χ4n) is 1.42. The number of nitrogens with two attached hydrogens (primary N) is 1. The highest BCUT2D eigenvalue weighted by Gasteiger charge is 2.12. The summed E-state index contributed by atoms with van der Waals surface area (Å²) in [4.78, 5) is 19.9. The smallest absolute Gasteiger partial charge is 0.276 e. The zero-order valence-corrected chi connectivity index (χ0v) is 10.4. The third-order valence-corrected chi connectivity index (χ3v) is 2.47. The van der Waals surface area contributed by atoms with Crippen LogP contribution in [0.25, 0.3) is 0 Å². The summed E-state index contributed by atoms with van der Waals surface area (Å²) in [7, 11) is 0. The number of halogens is 1. The number of amides is 1. The highest BCUT2D eigenvalue weighted by molar-refractivity contribution is 6.29. The van der Waals surface area contributed by atoms with Crippen molar-refractivity contribution in [3.8, 4) is 0 Å². The standard InChI is InChI=1S/C12H11ClN4O/c1-7-2-3-9(14)11(16-7)12(18)17-8-4-5-15-10(13)6-8/h2-6H,14H2,1H3,(H,15,17,18). The molecule has 0 spiro atoms.